The standard InChI is InChI=1S/C21H25N3O5/c1-14-10-17(13-22-23-19(25)12-21(3)28-8-9-29-21)15(2)24(14)18-7-5-6-16(11-18)20(26)27-4/h5-7,10-11,13H,8-9,12H2,1-4H3,(H,23,25)/b22-13-. The van der Waals surface area contributed by atoms with E-state index in [1.165, 1.54) is 7.11 Å². The molecule has 1 saturated heterocycles. The van der Waals surface area contributed by atoms with E-state index >= 15 is 0 Å². The number of carbonyl (C=O) groups excluding carboxylic acids is 2. The lowest BCUT2D eigenvalue weighted by Gasteiger charge is -2.20. The van der Waals surface area contributed by atoms with Crippen LogP contribution in [0.2, 0.25) is 0 Å². The van der Waals surface area contributed by atoms with Gasteiger partial charge in [-0.15, -0.1) is 0 Å². The highest BCUT2D eigenvalue weighted by Gasteiger charge is 2.33. The molecule has 0 aliphatic carbocycles. The van der Waals surface area contributed by atoms with E-state index in [-0.39, 0.29) is 18.3 Å². The maximum Gasteiger partial charge on any atom is 0.337 e. The molecule has 1 aliphatic rings. The Balaban J connectivity index is 1.73. The van der Waals surface area contributed by atoms with Crippen LogP contribution in [0, 0.1) is 13.8 Å². The van der Waals surface area contributed by atoms with E-state index in [2.05, 4.69) is 10.5 Å². The van der Waals surface area contributed by atoms with E-state index in [1.807, 2.05) is 36.6 Å². The first-order valence-electron chi connectivity index (χ1n) is 9.30. The number of nitrogens with one attached hydrogen (secondary N) is 1. The van der Waals surface area contributed by atoms with Crippen molar-refractivity contribution in [2.24, 2.45) is 5.10 Å². The fraction of sp³-hybridized carbons (Fsp3) is 0.381. The molecule has 0 radical (unpaired) electrons. The summed E-state index contributed by atoms with van der Waals surface area (Å²) in [6, 6.07) is 9.16. The fourth-order valence-electron chi connectivity index (χ4n) is 3.37. The highest BCUT2D eigenvalue weighted by atomic mass is 16.7. The van der Waals surface area contributed by atoms with Crippen LogP contribution in [0.3, 0.4) is 0 Å². The predicted molar refractivity (Wildman–Crippen MR) is 107 cm³/mol. The summed E-state index contributed by atoms with van der Waals surface area (Å²) in [5.74, 6) is -1.56. The van der Waals surface area contributed by atoms with Crippen molar-refractivity contribution in [1.29, 1.82) is 0 Å². The summed E-state index contributed by atoms with van der Waals surface area (Å²) in [4.78, 5) is 23.9. The Morgan fingerprint density at radius 1 is 1.28 bits per heavy atom. The minimum absolute atomic E-state index is 0.0731. The number of nitrogens with zero attached hydrogens (tertiary/aromatic N) is 2. The molecule has 1 fully saturated rings. The summed E-state index contributed by atoms with van der Waals surface area (Å²) >= 11 is 0. The number of hydrogen-bond donors (Lipinski definition) is 1. The molecule has 1 amide bonds. The Morgan fingerprint density at radius 3 is 2.69 bits per heavy atom. The first-order valence-corrected chi connectivity index (χ1v) is 9.30. The van der Waals surface area contributed by atoms with Gasteiger partial charge >= 0.3 is 5.97 Å². The van der Waals surface area contributed by atoms with Gasteiger partial charge in [0.1, 0.15) is 0 Å². The summed E-state index contributed by atoms with van der Waals surface area (Å²) in [7, 11) is 1.36. The van der Waals surface area contributed by atoms with Gasteiger partial charge in [0.2, 0.25) is 5.91 Å². The Morgan fingerprint density at radius 2 is 2.00 bits per heavy atom. The normalized spacial score (nSPS) is 15.6. The van der Waals surface area contributed by atoms with Crippen LogP contribution in [0.1, 0.15) is 40.7 Å². The van der Waals surface area contributed by atoms with Crippen LogP contribution in [-0.2, 0) is 19.0 Å². The molecule has 1 N–H and O–H groups in total. The van der Waals surface area contributed by atoms with Crippen molar-refractivity contribution in [3.05, 3.63) is 52.8 Å². The second-order valence-corrected chi connectivity index (χ2v) is 7.00. The molecule has 0 saturated carbocycles. The zero-order valence-corrected chi connectivity index (χ0v) is 17.0. The van der Waals surface area contributed by atoms with Gasteiger partial charge in [-0.2, -0.15) is 5.10 Å². The van der Waals surface area contributed by atoms with Crippen LogP contribution in [0.4, 0.5) is 0 Å². The highest BCUT2D eigenvalue weighted by molar-refractivity contribution is 5.90. The topological polar surface area (TPSA) is 91.2 Å². The van der Waals surface area contributed by atoms with E-state index < -0.39 is 5.79 Å². The number of carbonyl (C=O) groups is 2. The summed E-state index contributed by atoms with van der Waals surface area (Å²) < 4.78 is 17.7. The number of aryl methyl sites for hydroxylation is 1. The smallest absolute Gasteiger partial charge is 0.337 e. The van der Waals surface area contributed by atoms with E-state index in [1.54, 1.807) is 25.3 Å². The van der Waals surface area contributed by atoms with Gasteiger partial charge < -0.3 is 18.8 Å². The summed E-state index contributed by atoms with van der Waals surface area (Å²) in [6.45, 7) is 6.61. The molecule has 3 rings (SSSR count). The molecular formula is C21H25N3O5. The third-order valence-electron chi connectivity index (χ3n) is 4.77. The van der Waals surface area contributed by atoms with Crippen molar-refractivity contribution in [1.82, 2.24) is 9.99 Å². The molecule has 2 aromatic rings. The zero-order valence-electron chi connectivity index (χ0n) is 17.0. The van der Waals surface area contributed by atoms with E-state index in [0.29, 0.717) is 18.8 Å². The lowest BCUT2D eigenvalue weighted by atomic mass is 10.2. The van der Waals surface area contributed by atoms with Crippen LogP contribution in [0.15, 0.2) is 35.4 Å². The molecule has 8 heteroatoms. The minimum atomic E-state index is -0.889. The second-order valence-electron chi connectivity index (χ2n) is 7.00. The SMILES string of the molecule is COC(=O)c1cccc(-n2c(C)cc(/C=N\NC(=O)CC3(C)OCCO3)c2C)c1. The van der Waals surface area contributed by atoms with Crippen LogP contribution >= 0.6 is 0 Å². The summed E-state index contributed by atoms with van der Waals surface area (Å²) in [5, 5.41) is 4.06. The average Bonchev–Trinajstić information content (AvgIpc) is 3.24. The van der Waals surface area contributed by atoms with Gasteiger partial charge in [-0.3, -0.25) is 4.79 Å². The number of aromatic nitrogens is 1. The van der Waals surface area contributed by atoms with Crippen molar-refractivity contribution in [3.8, 4) is 5.69 Å². The molecule has 0 spiro atoms. The quantitative estimate of drug-likeness (QED) is 0.458. The van der Waals surface area contributed by atoms with Gasteiger partial charge in [-0.25, -0.2) is 10.2 Å². The zero-order chi connectivity index (χ0) is 21.0. The Kier molecular flexibility index (Phi) is 6.14. The van der Waals surface area contributed by atoms with Crippen LogP contribution in [0.5, 0.6) is 0 Å². The molecular weight excluding hydrogens is 374 g/mol. The molecule has 29 heavy (non-hydrogen) atoms. The first-order chi connectivity index (χ1) is 13.8. The maximum atomic E-state index is 12.1. The number of rotatable bonds is 6. The molecule has 1 aromatic carbocycles. The maximum absolute atomic E-state index is 12.1. The largest absolute Gasteiger partial charge is 0.465 e. The van der Waals surface area contributed by atoms with Crippen molar-refractivity contribution in [3.63, 3.8) is 0 Å². The Bertz CT molecular complexity index is 942. The number of ether oxygens (including phenoxy) is 3. The van der Waals surface area contributed by atoms with Gasteiger partial charge in [0.15, 0.2) is 5.79 Å². The van der Waals surface area contributed by atoms with Crippen molar-refractivity contribution >= 4 is 18.1 Å². The number of benzene rings is 1. The van der Waals surface area contributed by atoms with Gasteiger partial charge in [0.25, 0.3) is 0 Å². The molecule has 1 aromatic heterocycles. The van der Waals surface area contributed by atoms with Gasteiger partial charge in [0, 0.05) is 22.6 Å². The van der Waals surface area contributed by atoms with Crippen LogP contribution in [-0.4, -0.2) is 48.8 Å². The van der Waals surface area contributed by atoms with E-state index in [9.17, 15) is 9.59 Å². The first kappa shape index (κ1) is 20.8. The van der Waals surface area contributed by atoms with Crippen molar-refractivity contribution in [2.75, 3.05) is 20.3 Å². The molecule has 2 heterocycles. The monoisotopic (exact) mass is 399 g/mol. The average molecular weight is 399 g/mol. The Labute approximate surface area is 169 Å². The number of hydrazone groups is 1. The summed E-state index contributed by atoms with van der Waals surface area (Å²) in [6.07, 6.45) is 1.67. The molecule has 8 nitrogen and oxygen atoms in total. The third-order valence-corrected chi connectivity index (χ3v) is 4.77. The van der Waals surface area contributed by atoms with E-state index in [4.69, 9.17) is 14.2 Å². The highest BCUT2D eigenvalue weighted by Crippen LogP contribution is 2.23. The van der Waals surface area contributed by atoms with Crippen LogP contribution in [0.25, 0.3) is 5.69 Å². The lowest BCUT2D eigenvalue weighted by Crippen LogP contribution is -2.33. The number of methoxy groups -OCH3 is 1. The van der Waals surface area contributed by atoms with Crippen molar-refractivity contribution in [2.45, 2.75) is 33.0 Å². The van der Waals surface area contributed by atoms with Gasteiger partial charge in [-0.05, 0) is 45.0 Å². The van der Waals surface area contributed by atoms with Crippen LogP contribution < -0.4 is 5.43 Å². The molecule has 154 valence electrons. The lowest BCUT2D eigenvalue weighted by molar-refractivity contribution is -0.159. The molecule has 1 aliphatic heterocycles. The number of amides is 1. The Hall–Kier alpha value is -2.97. The van der Waals surface area contributed by atoms with Gasteiger partial charge in [0.05, 0.1) is 38.5 Å². The van der Waals surface area contributed by atoms with Gasteiger partial charge in [-0.1, -0.05) is 6.07 Å². The molecule has 0 unspecified atom stereocenters. The summed E-state index contributed by atoms with van der Waals surface area (Å²) in [5.41, 5.74) is 6.58. The van der Waals surface area contributed by atoms with Crippen molar-refractivity contribution < 1.29 is 23.8 Å². The fourth-order valence-corrected chi connectivity index (χ4v) is 3.37. The predicted octanol–water partition coefficient (Wildman–Crippen LogP) is 2.48. The number of hydrogen-bond acceptors (Lipinski definition) is 6. The van der Waals surface area contributed by atoms with E-state index in [0.717, 1.165) is 22.6 Å². The number of esters is 1. The molecule has 0 atom stereocenters. The minimum Gasteiger partial charge on any atom is -0.465 e. The second kappa shape index (κ2) is 8.59. The molecule has 0 bridgehead atoms. The third kappa shape index (κ3) is 4.72.